The Hall–Kier alpha value is -0.890. The lowest BCUT2D eigenvalue weighted by atomic mass is 10.0. The van der Waals surface area contributed by atoms with Crippen LogP contribution < -0.4 is 5.32 Å². The molecule has 15 heavy (non-hydrogen) atoms. The zero-order valence-electron chi connectivity index (χ0n) is 10.2. The third-order valence-electron chi connectivity index (χ3n) is 2.54. The van der Waals surface area contributed by atoms with Crippen molar-refractivity contribution in [3.8, 4) is 0 Å². The van der Waals surface area contributed by atoms with E-state index in [1.165, 1.54) is 12.0 Å². The van der Waals surface area contributed by atoms with Gasteiger partial charge in [0.15, 0.2) is 0 Å². The van der Waals surface area contributed by atoms with Crippen LogP contribution in [0.1, 0.15) is 45.7 Å². The molecule has 0 aliphatic heterocycles. The van der Waals surface area contributed by atoms with Gasteiger partial charge in [-0.15, -0.1) is 0 Å². The van der Waals surface area contributed by atoms with Crippen LogP contribution in [0.5, 0.6) is 0 Å². The molecule has 1 N–H and O–H groups in total. The van der Waals surface area contributed by atoms with Gasteiger partial charge >= 0.3 is 0 Å². The van der Waals surface area contributed by atoms with E-state index in [0.29, 0.717) is 12.1 Å². The number of pyridine rings is 1. The Kier molecular flexibility index (Phi) is 4.76. The van der Waals surface area contributed by atoms with Gasteiger partial charge in [-0.05, 0) is 37.8 Å². The molecule has 1 aromatic heterocycles. The molecule has 84 valence electrons. The molecule has 0 fully saturated rings. The Morgan fingerprint density at radius 3 is 2.53 bits per heavy atom. The summed E-state index contributed by atoms with van der Waals surface area (Å²) >= 11 is 0. The fraction of sp³-hybridized carbons (Fsp3) is 0.615. The molecule has 0 saturated carbocycles. The quantitative estimate of drug-likeness (QED) is 0.800. The average Bonchev–Trinajstić information content (AvgIpc) is 2.17. The molecule has 0 spiro atoms. The van der Waals surface area contributed by atoms with Crippen molar-refractivity contribution in [2.24, 2.45) is 5.92 Å². The van der Waals surface area contributed by atoms with Crippen LogP contribution in [0.2, 0.25) is 0 Å². The van der Waals surface area contributed by atoms with Crippen LogP contribution in [0.4, 0.5) is 0 Å². The van der Waals surface area contributed by atoms with E-state index >= 15 is 0 Å². The number of hydrogen-bond donors (Lipinski definition) is 1. The highest BCUT2D eigenvalue weighted by Gasteiger charge is 2.10. The smallest absolute Gasteiger partial charge is 0.0315 e. The standard InChI is InChI=1S/C13H22N2/c1-10(2)8-11(3)15-12(4)13-6-5-7-14-9-13/h5-7,9-12,15H,8H2,1-4H3/t11-,12+/m0/s1. The van der Waals surface area contributed by atoms with Crippen LogP contribution >= 0.6 is 0 Å². The molecular weight excluding hydrogens is 184 g/mol. The average molecular weight is 206 g/mol. The summed E-state index contributed by atoms with van der Waals surface area (Å²) in [6, 6.07) is 5.04. The van der Waals surface area contributed by atoms with Crippen molar-refractivity contribution in [1.29, 1.82) is 0 Å². The second-order valence-electron chi connectivity index (χ2n) is 4.71. The summed E-state index contributed by atoms with van der Waals surface area (Å²) < 4.78 is 0. The molecular formula is C13H22N2. The van der Waals surface area contributed by atoms with Crippen molar-refractivity contribution in [2.45, 2.75) is 46.2 Å². The predicted octanol–water partition coefficient (Wildman–Crippen LogP) is 3.17. The van der Waals surface area contributed by atoms with E-state index in [0.717, 1.165) is 5.92 Å². The number of hydrogen-bond acceptors (Lipinski definition) is 2. The van der Waals surface area contributed by atoms with E-state index in [1.807, 2.05) is 18.5 Å². The highest BCUT2D eigenvalue weighted by Crippen LogP contribution is 2.13. The maximum absolute atomic E-state index is 4.13. The van der Waals surface area contributed by atoms with Crippen molar-refractivity contribution >= 4 is 0 Å². The first kappa shape index (κ1) is 12.2. The summed E-state index contributed by atoms with van der Waals surface area (Å²) in [4.78, 5) is 4.13. The van der Waals surface area contributed by atoms with Crippen molar-refractivity contribution in [3.63, 3.8) is 0 Å². The van der Waals surface area contributed by atoms with Crippen molar-refractivity contribution in [3.05, 3.63) is 30.1 Å². The fourth-order valence-electron chi connectivity index (χ4n) is 1.93. The largest absolute Gasteiger partial charge is 0.308 e. The van der Waals surface area contributed by atoms with Crippen molar-refractivity contribution in [1.82, 2.24) is 10.3 Å². The second-order valence-corrected chi connectivity index (χ2v) is 4.71. The van der Waals surface area contributed by atoms with Crippen molar-refractivity contribution < 1.29 is 0 Å². The summed E-state index contributed by atoms with van der Waals surface area (Å²) in [7, 11) is 0. The summed E-state index contributed by atoms with van der Waals surface area (Å²) in [5, 5.41) is 3.59. The monoisotopic (exact) mass is 206 g/mol. The first-order valence-corrected chi connectivity index (χ1v) is 5.75. The zero-order valence-corrected chi connectivity index (χ0v) is 10.2. The number of rotatable bonds is 5. The van der Waals surface area contributed by atoms with Gasteiger partial charge in [-0.25, -0.2) is 0 Å². The van der Waals surface area contributed by atoms with Gasteiger partial charge in [-0.2, -0.15) is 0 Å². The van der Waals surface area contributed by atoms with Gasteiger partial charge < -0.3 is 5.32 Å². The second kappa shape index (κ2) is 5.86. The molecule has 2 nitrogen and oxygen atoms in total. The molecule has 0 amide bonds. The Morgan fingerprint density at radius 2 is 2.00 bits per heavy atom. The van der Waals surface area contributed by atoms with Gasteiger partial charge in [0.2, 0.25) is 0 Å². The summed E-state index contributed by atoms with van der Waals surface area (Å²) in [6.07, 6.45) is 4.96. The fourth-order valence-corrected chi connectivity index (χ4v) is 1.93. The topological polar surface area (TPSA) is 24.9 Å². The van der Waals surface area contributed by atoms with E-state index in [-0.39, 0.29) is 0 Å². The minimum atomic E-state index is 0.382. The molecule has 0 radical (unpaired) electrons. The lowest BCUT2D eigenvalue weighted by Crippen LogP contribution is -2.30. The molecule has 2 heteroatoms. The summed E-state index contributed by atoms with van der Waals surface area (Å²) in [6.45, 7) is 8.94. The Labute approximate surface area is 93.1 Å². The number of aromatic nitrogens is 1. The van der Waals surface area contributed by atoms with Crippen LogP contribution in [-0.4, -0.2) is 11.0 Å². The molecule has 1 rings (SSSR count). The van der Waals surface area contributed by atoms with Crippen LogP contribution in [0.25, 0.3) is 0 Å². The molecule has 0 aliphatic carbocycles. The number of nitrogens with zero attached hydrogens (tertiary/aromatic N) is 1. The highest BCUT2D eigenvalue weighted by atomic mass is 14.9. The van der Waals surface area contributed by atoms with E-state index < -0.39 is 0 Å². The first-order valence-electron chi connectivity index (χ1n) is 5.75. The summed E-state index contributed by atoms with van der Waals surface area (Å²) in [5.74, 6) is 0.744. The molecule has 1 aromatic rings. The Balaban J connectivity index is 2.45. The van der Waals surface area contributed by atoms with Crippen LogP contribution in [0.15, 0.2) is 24.5 Å². The zero-order chi connectivity index (χ0) is 11.3. The van der Waals surface area contributed by atoms with E-state index in [9.17, 15) is 0 Å². The maximum atomic E-state index is 4.13. The van der Waals surface area contributed by atoms with Gasteiger partial charge in [0.25, 0.3) is 0 Å². The third-order valence-corrected chi connectivity index (χ3v) is 2.54. The molecule has 0 unspecified atom stereocenters. The molecule has 0 aromatic carbocycles. The van der Waals surface area contributed by atoms with Gasteiger partial charge in [0.1, 0.15) is 0 Å². The molecule has 0 saturated heterocycles. The minimum absolute atomic E-state index is 0.382. The van der Waals surface area contributed by atoms with E-state index in [4.69, 9.17) is 0 Å². The van der Waals surface area contributed by atoms with Gasteiger partial charge in [0.05, 0.1) is 0 Å². The lowest BCUT2D eigenvalue weighted by molar-refractivity contribution is 0.406. The van der Waals surface area contributed by atoms with Gasteiger partial charge in [0, 0.05) is 24.5 Å². The Bertz CT molecular complexity index is 269. The summed E-state index contributed by atoms with van der Waals surface area (Å²) in [5.41, 5.74) is 1.26. The lowest BCUT2D eigenvalue weighted by Gasteiger charge is -2.21. The third kappa shape index (κ3) is 4.43. The van der Waals surface area contributed by atoms with Crippen molar-refractivity contribution in [2.75, 3.05) is 0 Å². The highest BCUT2D eigenvalue weighted by molar-refractivity contribution is 5.12. The molecule has 2 atom stereocenters. The van der Waals surface area contributed by atoms with E-state index in [2.05, 4.69) is 44.1 Å². The van der Waals surface area contributed by atoms with Crippen LogP contribution in [0.3, 0.4) is 0 Å². The molecule has 0 bridgehead atoms. The molecule has 1 heterocycles. The van der Waals surface area contributed by atoms with Crippen LogP contribution in [0, 0.1) is 5.92 Å². The normalized spacial score (nSPS) is 15.3. The first-order chi connectivity index (χ1) is 7.09. The Morgan fingerprint density at radius 1 is 1.27 bits per heavy atom. The SMILES string of the molecule is CC(C)C[C@H](C)N[C@H](C)c1cccnc1. The maximum Gasteiger partial charge on any atom is 0.0315 e. The predicted molar refractivity (Wildman–Crippen MR) is 64.7 cm³/mol. The number of nitrogens with one attached hydrogen (secondary N) is 1. The van der Waals surface area contributed by atoms with Gasteiger partial charge in [-0.1, -0.05) is 19.9 Å². The van der Waals surface area contributed by atoms with Crippen LogP contribution in [-0.2, 0) is 0 Å². The van der Waals surface area contributed by atoms with Gasteiger partial charge in [-0.3, -0.25) is 4.98 Å². The molecule has 0 aliphatic rings. The minimum Gasteiger partial charge on any atom is -0.308 e. The van der Waals surface area contributed by atoms with E-state index in [1.54, 1.807) is 0 Å².